The molecule has 0 aliphatic rings. The SMILES string of the molecule is Cc1ccc2c(n1)oc1c(-c3nc4ccccc4n3-c3c(-c4ccccc4)cccc3-c3ccccc3)[c-]ccc12.[2H]C([2H])(c1cc(-c2[c-]cccc2)ncc1[Si](C)(C)C)C(C)c1ccccc1.[Ir]. The zero-order valence-electron chi connectivity index (χ0n) is 40.1. The number of aryl methyl sites for hydroxylation is 1. The Kier molecular flexibility index (Phi) is 12.4. The second-order valence-corrected chi connectivity index (χ2v) is 22.7. The van der Waals surface area contributed by atoms with Gasteiger partial charge in [0.25, 0.3) is 0 Å². The number of hydrogen-bond acceptors (Lipinski definition) is 4. The van der Waals surface area contributed by atoms with E-state index in [0.717, 1.165) is 100.0 Å². The number of fused-ring (bicyclic) bond motifs is 4. The standard InChI is InChI=1S/C37H24N3O.C23H26NSi.Ir/c1-24-22-23-30-29-18-11-19-31(35(29)41-37(30)38-24)36-39-32-20-8-9-21-33(32)40(36)34-27(25-12-4-2-5-13-25)16-10-17-28(34)26-14-6-3-7-15-26;1-18(19-11-7-5-8-12-19)15-21-16-22(20-13-9-6-10-14-20)24-17-23(21)25(2,3)4;/h2-18,20-23H,1H3;5-13,16-18H,15H2,1-4H3;/q2*-1;/i;15D2;. The fraction of sp³-hybridized carbons (Fsp3) is 0.117. The summed E-state index contributed by atoms with van der Waals surface area (Å²) in [4.78, 5) is 14.5. The van der Waals surface area contributed by atoms with Crippen molar-refractivity contribution in [1.29, 1.82) is 0 Å². The summed E-state index contributed by atoms with van der Waals surface area (Å²) in [7, 11) is -1.77. The third-order valence-corrected chi connectivity index (χ3v) is 14.0. The largest absolute Gasteiger partial charge is 0.486 e. The summed E-state index contributed by atoms with van der Waals surface area (Å²) in [5.74, 6) is 0.511. The molecule has 0 N–H and O–H groups in total. The Labute approximate surface area is 410 Å². The molecule has 0 aliphatic carbocycles. The topological polar surface area (TPSA) is 56.7 Å². The average Bonchev–Trinajstić information content (AvgIpc) is 3.95. The van der Waals surface area contributed by atoms with E-state index in [-0.39, 0.29) is 26.0 Å². The Balaban J connectivity index is 0.000000185. The maximum atomic E-state index is 9.04. The maximum Gasteiger partial charge on any atom is 0.216 e. The minimum atomic E-state index is -1.77. The molecule has 1 radical (unpaired) electrons. The molecule has 1 unspecified atom stereocenters. The Bertz CT molecular complexity index is 3500. The fourth-order valence-corrected chi connectivity index (χ4v) is 10.1. The molecular formula is C60H50IrN4OSi-2. The van der Waals surface area contributed by atoms with Crippen molar-refractivity contribution in [3.8, 4) is 50.6 Å². The molecule has 11 rings (SSSR count). The predicted octanol–water partition coefficient (Wildman–Crippen LogP) is 14.9. The summed E-state index contributed by atoms with van der Waals surface area (Å²) in [5, 5.41) is 3.06. The molecular weight excluding hydrogens is 1010 g/mol. The van der Waals surface area contributed by atoms with Gasteiger partial charge in [0.1, 0.15) is 0 Å². The van der Waals surface area contributed by atoms with Gasteiger partial charge in [0.15, 0.2) is 0 Å². The van der Waals surface area contributed by atoms with Crippen molar-refractivity contribution in [2.24, 2.45) is 0 Å². The fourth-order valence-electron chi connectivity index (χ4n) is 8.72. The number of benzene rings is 7. The number of aromatic nitrogens is 4. The minimum Gasteiger partial charge on any atom is -0.486 e. The van der Waals surface area contributed by atoms with Crippen LogP contribution in [0.3, 0.4) is 0 Å². The minimum absolute atomic E-state index is 0. The van der Waals surface area contributed by atoms with Crippen molar-refractivity contribution < 1.29 is 27.3 Å². The number of nitrogens with zero attached hydrogens (tertiary/aromatic N) is 4. The number of pyridine rings is 2. The van der Waals surface area contributed by atoms with Gasteiger partial charge in [0.2, 0.25) is 5.71 Å². The zero-order valence-corrected chi connectivity index (χ0v) is 41.5. The van der Waals surface area contributed by atoms with E-state index in [9.17, 15) is 0 Å². The van der Waals surface area contributed by atoms with Crippen LogP contribution in [0.2, 0.25) is 19.6 Å². The average molecular weight is 1070 g/mol. The van der Waals surface area contributed by atoms with Crippen LogP contribution in [0.5, 0.6) is 0 Å². The van der Waals surface area contributed by atoms with E-state index in [1.54, 1.807) is 0 Å². The first-order valence-electron chi connectivity index (χ1n) is 23.4. The van der Waals surface area contributed by atoms with E-state index >= 15 is 0 Å². The van der Waals surface area contributed by atoms with Crippen molar-refractivity contribution in [3.05, 3.63) is 223 Å². The van der Waals surface area contributed by atoms with E-state index < -0.39 is 14.4 Å². The predicted molar refractivity (Wildman–Crippen MR) is 276 cm³/mol. The summed E-state index contributed by atoms with van der Waals surface area (Å²) < 4.78 is 26.8. The van der Waals surface area contributed by atoms with Gasteiger partial charge in [0, 0.05) is 51.3 Å². The van der Waals surface area contributed by atoms with Gasteiger partial charge >= 0.3 is 0 Å². The molecule has 4 heterocycles. The van der Waals surface area contributed by atoms with Crippen molar-refractivity contribution in [1.82, 2.24) is 19.5 Å². The number of imidazole rings is 1. The second kappa shape index (κ2) is 19.4. The van der Waals surface area contributed by atoms with Gasteiger partial charge in [0.05, 0.1) is 36.2 Å². The summed E-state index contributed by atoms with van der Waals surface area (Å²) in [6.45, 7) is 10.7. The van der Waals surface area contributed by atoms with Crippen LogP contribution in [-0.2, 0) is 26.5 Å². The molecule has 5 nitrogen and oxygen atoms in total. The molecule has 0 saturated heterocycles. The van der Waals surface area contributed by atoms with Gasteiger partial charge in [-0.25, -0.2) is 4.98 Å². The maximum absolute atomic E-state index is 9.04. The van der Waals surface area contributed by atoms with E-state index in [0.29, 0.717) is 5.71 Å². The van der Waals surface area contributed by atoms with Crippen LogP contribution in [0.4, 0.5) is 0 Å². The molecule has 7 aromatic carbocycles. The van der Waals surface area contributed by atoms with Crippen molar-refractivity contribution >= 4 is 46.4 Å². The normalized spacial score (nSPS) is 12.5. The van der Waals surface area contributed by atoms with Gasteiger partial charge in [-0.2, -0.15) is 0 Å². The molecule has 0 bridgehead atoms. The van der Waals surface area contributed by atoms with Crippen LogP contribution >= 0.6 is 0 Å². The van der Waals surface area contributed by atoms with Gasteiger partial charge in [-0.3, -0.25) is 4.98 Å². The Hall–Kier alpha value is -7.02. The van der Waals surface area contributed by atoms with Crippen molar-refractivity contribution in [2.45, 2.75) is 45.8 Å². The Morgan fingerprint density at radius 1 is 0.672 bits per heavy atom. The smallest absolute Gasteiger partial charge is 0.216 e. The summed E-state index contributed by atoms with van der Waals surface area (Å²) in [5.41, 5.74) is 14.0. The molecule has 0 aliphatic heterocycles. The molecule has 0 fully saturated rings. The first-order valence-corrected chi connectivity index (χ1v) is 25.9. The Morgan fingerprint density at radius 3 is 2.00 bits per heavy atom. The van der Waals surface area contributed by atoms with Crippen LogP contribution < -0.4 is 5.19 Å². The molecule has 0 spiro atoms. The zero-order chi connectivity index (χ0) is 47.0. The number of furan rings is 1. The summed E-state index contributed by atoms with van der Waals surface area (Å²) in [6, 6.07) is 70.2. The first kappa shape index (κ1) is 42.6. The van der Waals surface area contributed by atoms with Crippen LogP contribution in [0.15, 0.2) is 199 Å². The molecule has 4 aromatic heterocycles. The number of hydrogen-bond donors (Lipinski definition) is 0. The second-order valence-electron chi connectivity index (χ2n) is 17.6. The van der Waals surface area contributed by atoms with Crippen LogP contribution in [0.25, 0.3) is 83.7 Å². The number of rotatable bonds is 9. The van der Waals surface area contributed by atoms with Gasteiger partial charge in [-0.05, 0) is 71.1 Å². The monoisotopic (exact) mass is 1070 g/mol. The molecule has 11 aromatic rings. The van der Waals surface area contributed by atoms with Crippen LogP contribution in [0.1, 0.15) is 32.4 Å². The third-order valence-electron chi connectivity index (χ3n) is 12.0. The van der Waals surface area contributed by atoms with Crippen LogP contribution in [-0.4, -0.2) is 27.6 Å². The van der Waals surface area contributed by atoms with E-state index in [1.165, 1.54) is 0 Å². The van der Waals surface area contributed by atoms with E-state index in [1.807, 2.05) is 105 Å². The van der Waals surface area contributed by atoms with Gasteiger partial charge < -0.3 is 14.0 Å². The van der Waals surface area contributed by atoms with E-state index in [4.69, 9.17) is 12.1 Å². The van der Waals surface area contributed by atoms with E-state index in [2.05, 4.69) is 149 Å². The van der Waals surface area contributed by atoms with Crippen molar-refractivity contribution in [3.63, 3.8) is 0 Å². The molecule has 331 valence electrons. The molecule has 0 saturated carbocycles. The Morgan fingerprint density at radius 2 is 1.33 bits per heavy atom. The van der Waals surface area contributed by atoms with Crippen molar-refractivity contribution in [2.75, 3.05) is 0 Å². The summed E-state index contributed by atoms with van der Waals surface area (Å²) >= 11 is 0. The first-order chi connectivity index (χ1) is 33.0. The quantitative estimate of drug-likeness (QED) is 0.107. The molecule has 67 heavy (non-hydrogen) atoms. The third kappa shape index (κ3) is 9.24. The van der Waals surface area contributed by atoms with Crippen LogP contribution in [0, 0.1) is 19.1 Å². The molecule has 0 amide bonds. The van der Waals surface area contributed by atoms with Gasteiger partial charge in [-0.1, -0.05) is 170 Å². The summed E-state index contributed by atoms with van der Waals surface area (Å²) in [6.07, 6.45) is 0.400. The molecule has 1 atom stereocenters. The van der Waals surface area contributed by atoms with Gasteiger partial charge in [-0.15, -0.1) is 54.1 Å². The number of para-hydroxylation sites is 3. The molecule has 7 heteroatoms.